The minimum Gasteiger partial charge on any atom is -0.403 e. The molecule has 0 amide bonds. The molecular formula is C10H8F4N2O. The number of rotatable bonds is 3. The number of ether oxygens (including phenoxy) is 1. The van der Waals surface area contributed by atoms with Crippen molar-refractivity contribution in [3.05, 3.63) is 23.0 Å². The second-order valence-corrected chi connectivity index (χ2v) is 3.19. The van der Waals surface area contributed by atoms with E-state index in [0.29, 0.717) is 0 Å². The van der Waals surface area contributed by atoms with Gasteiger partial charge in [-0.3, -0.25) is 4.98 Å². The van der Waals surface area contributed by atoms with Gasteiger partial charge in [0.05, 0.1) is 18.2 Å². The van der Waals surface area contributed by atoms with E-state index in [-0.39, 0.29) is 23.2 Å². The largest absolute Gasteiger partial charge is 0.573 e. The van der Waals surface area contributed by atoms with E-state index in [0.717, 1.165) is 0 Å². The van der Waals surface area contributed by atoms with Crippen LogP contribution < -0.4 is 4.74 Å². The van der Waals surface area contributed by atoms with E-state index in [1.807, 2.05) is 0 Å². The topological polar surface area (TPSA) is 45.9 Å². The smallest absolute Gasteiger partial charge is 0.403 e. The van der Waals surface area contributed by atoms with Gasteiger partial charge in [0, 0.05) is 11.8 Å². The first-order valence-corrected chi connectivity index (χ1v) is 4.55. The van der Waals surface area contributed by atoms with Gasteiger partial charge < -0.3 is 4.74 Å². The summed E-state index contributed by atoms with van der Waals surface area (Å²) in [4.78, 5) is 3.65. The monoisotopic (exact) mass is 248 g/mol. The Balaban J connectivity index is 3.26. The van der Waals surface area contributed by atoms with E-state index in [4.69, 9.17) is 5.26 Å². The minimum atomic E-state index is -4.92. The third-order valence-electron chi connectivity index (χ3n) is 2.03. The molecule has 0 N–H and O–H groups in total. The number of hydrogen-bond donors (Lipinski definition) is 0. The molecule has 0 saturated heterocycles. The van der Waals surface area contributed by atoms with E-state index in [9.17, 15) is 17.6 Å². The Morgan fingerprint density at radius 1 is 1.47 bits per heavy atom. The zero-order valence-corrected chi connectivity index (χ0v) is 8.81. The molecule has 0 aliphatic carbocycles. The Morgan fingerprint density at radius 2 is 2.12 bits per heavy atom. The van der Waals surface area contributed by atoms with Crippen LogP contribution in [-0.4, -0.2) is 11.3 Å². The normalized spacial score (nSPS) is 11.1. The van der Waals surface area contributed by atoms with Gasteiger partial charge in [-0.25, -0.2) is 4.39 Å². The van der Waals surface area contributed by atoms with Crippen molar-refractivity contribution in [1.29, 1.82) is 5.26 Å². The molecule has 0 aromatic carbocycles. The summed E-state index contributed by atoms with van der Waals surface area (Å²) in [6.07, 6.45) is -3.96. The summed E-state index contributed by atoms with van der Waals surface area (Å²) in [5.41, 5.74) is -0.257. The lowest BCUT2D eigenvalue weighted by Gasteiger charge is -2.15. The van der Waals surface area contributed by atoms with Crippen molar-refractivity contribution >= 4 is 0 Å². The van der Waals surface area contributed by atoms with Gasteiger partial charge in [0.15, 0.2) is 5.75 Å². The number of alkyl halides is 4. The molecule has 0 saturated carbocycles. The molecular weight excluding hydrogens is 240 g/mol. The minimum absolute atomic E-state index is 0.0725. The number of nitrogens with zero attached hydrogens (tertiary/aromatic N) is 2. The Kier molecular flexibility index (Phi) is 3.89. The first kappa shape index (κ1) is 13.2. The molecule has 1 heterocycles. The first-order chi connectivity index (χ1) is 7.89. The molecule has 0 unspecified atom stereocenters. The number of halogens is 4. The van der Waals surface area contributed by atoms with Gasteiger partial charge in [-0.05, 0) is 12.5 Å². The van der Waals surface area contributed by atoms with Crippen LogP contribution in [0.3, 0.4) is 0 Å². The van der Waals surface area contributed by atoms with Gasteiger partial charge in [-0.15, -0.1) is 13.2 Å². The molecule has 1 aromatic rings. The standard InChI is InChI=1S/C10H8F4N2O/c1-6-9(17-10(12,13)14)8(4-11)7(2-3-15)5-16-6/h5H,2,4H2,1H3. The summed E-state index contributed by atoms with van der Waals surface area (Å²) in [5, 5.41) is 8.47. The maximum atomic E-state index is 12.7. The highest BCUT2D eigenvalue weighted by atomic mass is 19.4. The van der Waals surface area contributed by atoms with Gasteiger partial charge in [-0.1, -0.05) is 0 Å². The number of aryl methyl sites for hydroxylation is 1. The van der Waals surface area contributed by atoms with E-state index >= 15 is 0 Å². The van der Waals surface area contributed by atoms with Crippen LogP contribution in [0.5, 0.6) is 5.75 Å². The summed E-state index contributed by atoms with van der Waals surface area (Å²) in [6, 6.07) is 1.72. The molecule has 92 valence electrons. The van der Waals surface area contributed by atoms with Gasteiger partial charge in [0.25, 0.3) is 0 Å². The lowest BCUT2D eigenvalue weighted by Crippen LogP contribution is -2.19. The lowest BCUT2D eigenvalue weighted by atomic mass is 10.1. The molecule has 0 aliphatic heterocycles. The van der Waals surface area contributed by atoms with Crippen LogP contribution in [0.2, 0.25) is 0 Å². The molecule has 0 radical (unpaired) electrons. The summed E-state index contributed by atoms with van der Waals surface area (Å²) in [6.45, 7) is 0.127. The fraction of sp³-hybridized carbons (Fsp3) is 0.400. The molecule has 0 fully saturated rings. The molecule has 0 bridgehead atoms. The van der Waals surface area contributed by atoms with Gasteiger partial charge in [0.2, 0.25) is 0 Å². The third-order valence-corrected chi connectivity index (χ3v) is 2.03. The fourth-order valence-corrected chi connectivity index (χ4v) is 1.31. The molecule has 0 spiro atoms. The summed E-state index contributed by atoms with van der Waals surface area (Å²) >= 11 is 0. The SMILES string of the molecule is Cc1ncc(CC#N)c(CF)c1OC(F)(F)F. The molecule has 0 atom stereocenters. The van der Waals surface area contributed by atoms with Gasteiger partial charge in [-0.2, -0.15) is 5.26 Å². The van der Waals surface area contributed by atoms with Crippen LogP contribution in [0.25, 0.3) is 0 Å². The summed E-state index contributed by atoms with van der Waals surface area (Å²) < 4.78 is 52.8. The Hall–Kier alpha value is -1.84. The quantitative estimate of drug-likeness (QED) is 0.772. The average molecular weight is 248 g/mol. The van der Waals surface area contributed by atoms with Gasteiger partial charge in [0.1, 0.15) is 6.67 Å². The highest BCUT2D eigenvalue weighted by molar-refractivity contribution is 5.42. The van der Waals surface area contributed by atoms with Crippen LogP contribution in [0.1, 0.15) is 16.8 Å². The van der Waals surface area contributed by atoms with E-state index < -0.39 is 18.8 Å². The molecule has 1 rings (SSSR count). The maximum Gasteiger partial charge on any atom is 0.573 e. The van der Waals surface area contributed by atoms with Crippen LogP contribution in [0, 0.1) is 18.3 Å². The third kappa shape index (κ3) is 3.31. The van der Waals surface area contributed by atoms with Crippen LogP contribution in [-0.2, 0) is 13.1 Å². The van der Waals surface area contributed by atoms with Gasteiger partial charge >= 0.3 is 6.36 Å². The second kappa shape index (κ2) is 4.99. The van der Waals surface area contributed by atoms with E-state index in [1.165, 1.54) is 13.1 Å². The van der Waals surface area contributed by atoms with Crippen molar-refractivity contribution in [1.82, 2.24) is 4.98 Å². The number of hydrogen-bond acceptors (Lipinski definition) is 3. The second-order valence-electron chi connectivity index (χ2n) is 3.19. The van der Waals surface area contributed by atoms with E-state index in [1.54, 1.807) is 6.07 Å². The maximum absolute atomic E-state index is 12.7. The van der Waals surface area contributed by atoms with Crippen LogP contribution >= 0.6 is 0 Å². The Labute approximate surface area is 94.6 Å². The highest BCUT2D eigenvalue weighted by Crippen LogP contribution is 2.31. The molecule has 1 aromatic heterocycles. The van der Waals surface area contributed by atoms with E-state index in [2.05, 4.69) is 9.72 Å². The summed E-state index contributed by atoms with van der Waals surface area (Å²) in [7, 11) is 0. The van der Waals surface area contributed by atoms with Crippen molar-refractivity contribution in [2.24, 2.45) is 0 Å². The van der Waals surface area contributed by atoms with Crippen molar-refractivity contribution in [2.45, 2.75) is 26.4 Å². The highest BCUT2D eigenvalue weighted by Gasteiger charge is 2.33. The molecule has 7 heteroatoms. The zero-order chi connectivity index (χ0) is 13.1. The number of nitriles is 1. The number of pyridine rings is 1. The van der Waals surface area contributed by atoms with Crippen LogP contribution in [0.4, 0.5) is 17.6 Å². The molecule has 17 heavy (non-hydrogen) atoms. The van der Waals surface area contributed by atoms with Crippen molar-refractivity contribution in [2.75, 3.05) is 0 Å². The average Bonchev–Trinajstić information content (AvgIpc) is 2.22. The van der Waals surface area contributed by atoms with Crippen molar-refractivity contribution in [3.8, 4) is 11.8 Å². The fourth-order valence-electron chi connectivity index (χ4n) is 1.31. The number of aromatic nitrogens is 1. The van der Waals surface area contributed by atoms with Crippen molar-refractivity contribution in [3.63, 3.8) is 0 Å². The Morgan fingerprint density at radius 3 is 2.59 bits per heavy atom. The zero-order valence-electron chi connectivity index (χ0n) is 8.81. The first-order valence-electron chi connectivity index (χ1n) is 4.55. The summed E-state index contributed by atoms with van der Waals surface area (Å²) in [5.74, 6) is -0.659. The lowest BCUT2D eigenvalue weighted by molar-refractivity contribution is -0.275. The predicted octanol–water partition coefficient (Wildman–Crippen LogP) is 2.82. The van der Waals surface area contributed by atoms with Crippen molar-refractivity contribution < 1.29 is 22.3 Å². The molecule has 0 aliphatic rings. The Bertz CT molecular complexity index is 451. The van der Waals surface area contributed by atoms with Crippen LogP contribution in [0.15, 0.2) is 6.20 Å². The molecule has 3 nitrogen and oxygen atoms in total. The predicted molar refractivity (Wildman–Crippen MR) is 49.8 cm³/mol.